The molecule has 0 spiro atoms. The van der Waals surface area contributed by atoms with Gasteiger partial charge in [-0.05, 0) is 23.5 Å². The van der Waals surface area contributed by atoms with Crippen LogP contribution in [0.1, 0.15) is 49.8 Å². The van der Waals surface area contributed by atoms with Crippen molar-refractivity contribution < 1.29 is 44.6 Å². The summed E-state index contributed by atoms with van der Waals surface area (Å²) >= 11 is 0. The molecule has 1 N–H and O–H groups in total. The molecular formula is C16H17F9O. The van der Waals surface area contributed by atoms with Crippen LogP contribution in [-0.2, 0) is 0 Å². The Labute approximate surface area is 143 Å². The van der Waals surface area contributed by atoms with Crippen LogP contribution in [0.3, 0.4) is 0 Å². The number of alkyl halides is 9. The van der Waals surface area contributed by atoms with E-state index in [1.54, 1.807) is 0 Å². The standard InChI is InChI=1S/C16H17F9O/c1-3-9(2)10-4-6-11(7-5-10)12(26)8-13(17,18)14(19,20)15(21,22)16(23,24)25/h4-7,9,12,26H,3,8H2,1-2H3. The Morgan fingerprint density at radius 2 is 1.23 bits per heavy atom. The van der Waals surface area contributed by atoms with Crippen LogP contribution in [0.5, 0.6) is 0 Å². The highest BCUT2D eigenvalue weighted by molar-refractivity contribution is 5.26. The van der Waals surface area contributed by atoms with Gasteiger partial charge in [0.05, 0.1) is 6.10 Å². The SMILES string of the molecule is CCC(C)c1ccc(C(O)CC(F)(F)C(F)(F)C(F)(F)C(F)(F)F)cc1. The van der Waals surface area contributed by atoms with Crippen molar-refractivity contribution in [3.8, 4) is 0 Å². The molecule has 0 aliphatic rings. The molecule has 0 aliphatic carbocycles. The topological polar surface area (TPSA) is 20.2 Å². The summed E-state index contributed by atoms with van der Waals surface area (Å²) in [6, 6.07) is 5.10. The molecule has 0 fully saturated rings. The van der Waals surface area contributed by atoms with Crippen LogP contribution >= 0.6 is 0 Å². The van der Waals surface area contributed by atoms with Crippen LogP contribution in [0, 0.1) is 0 Å². The van der Waals surface area contributed by atoms with Gasteiger partial charge in [0.15, 0.2) is 0 Å². The average Bonchev–Trinajstić information content (AvgIpc) is 2.52. The fourth-order valence-corrected chi connectivity index (χ4v) is 2.18. The summed E-state index contributed by atoms with van der Waals surface area (Å²) in [4.78, 5) is 0. The molecule has 1 nitrogen and oxygen atoms in total. The molecule has 0 saturated heterocycles. The molecule has 2 atom stereocenters. The molecule has 0 aliphatic heterocycles. The first kappa shape index (κ1) is 22.6. The van der Waals surface area contributed by atoms with E-state index in [0.717, 1.165) is 24.1 Å². The first-order chi connectivity index (χ1) is 11.6. The van der Waals surface area contributed by atoms with E-state index in [9.17, 15) is 44.6 Å². The van der Waals surface area contributed by atoms with Crippen molar-refractivity contribution in [3.63, 3.8) is 0 Å². The summed E-state index contributed by atoms with van der Waals surface area (Å²) in [6.45, 7) is 3.72. The third kappa shape index (κ3) is 4.10. The summed E-state index contributed by atoms with van der Waals surface area (Å²) in [5.41, 5.74) is 0.451. The van der Waals surface area contributed by atoms with E-state index >= 15 is 0 Å². The fraction of sp³-hybridized carbons (Fsp3) is 0.625. The van der Waals surface area contributed by atoms with Crippen LogP contribution in [0.4, 0.5) is 39.5 Å². The highest BCUT2D eigenvalue weighted by Gasteiger charge is 2.81. The summed E-state index contributed by atoms with van der Waals surface area (Å²) in [6.07, 6.45) is -10.8. The van der Waals surface area contributed by atoms with E-state index in [-0.39, 0.29) is 11.5 Å². The first-order valence-electron chi connectivity index (χ1n) is 7.56. The molecule has 0 bridgehead atoms. The molecule has 0 saturated carbocycles. The largest absolute Gasteiger partial charge is 0.460 e. The highest BCUT2D eigenvalue weighted by Crippen LogP contribution is 2.55. The van der Waals surface area contributed by atoms with E-state index in [1.165, 1.54) is 12.1 Å². The number of aliphatic hydroxyl groups excluding tert-OH is 1. The summed E-state index contributed by atoms with van der Waals surface area (Å²) in [5.74, 6) is -19.4. The Morgan fingerprint density at radius 1 is 0.808 bits per heavy atom. The zero-order valence-corrected chi connectivity index (χ0v) is 13.7. The second-order valence-corrected chi connectivity index (χ2v) is 6.05. The molecule has 0 amide bonds. The Kier molecular flexibility index (Phi) is 6.33. The number of rotatable bonds is 7. The normalized spacial score (nSPS) is 16.5. The van der Waals surface area contributed by atoms with Crippen molar-refractivity contribution in [1.82, 2.24) is 0 Å². The van der Waals surface area contributed by atoms with Gasteiger partial charge in [0.1, 0.15) is 0 Å². The molecular weight excluding hydrogens is 379 g/mol. The molecule has 1 rings (SSSR count). The lowest BCUT2D eigenvalue weighted by Crippen LogP contribution is -2.61. The lowest BCUT2D eigenvalue weighted by molar-refractivity contribution is -0.398. The predicted molar refractivity (Wildman–Crippen MR) is 75.6 cm³/mol. The van der Waals surface area contributed by atoms with Crippen molar-refractivity contribution >= 4 is 0 Å². The molecule has 0 aromatic heterocycles. The molecule has 1 aromatic carbocycles. The number of aliphatic hydroxyl groups is 1. The Hall–Kier alpha value is -1.45. The minimum Gasteiger partial charge on any atom is -0.388 e. The number of benzene rings is 1. The molecule has 1 aromatic rings. The van der Waals surface area contributed by atoms with Crippen molar-refractivity contribution in [2.45, 2.75) is 62.7 Å². The maximum Gasteiger partial charge on any atom is 0.460 e. The number of hydrogen-bond acceptors (Lipinski definition) is 1. The van der Waals surface area contributed by atoms with Gasteiger partial charge in [-0.25, -0.2) is 0 Å². The van der Waals surface area contributed by atoms with Gasteiger partial charge in [0, 0.05) is 6.42 Å². The molecule has 0 radical (unpaired) electrons. The third-order valence-corrected chi connectivity index (χ3v) is 4.16. The lowest BCUT2D eigenvalue weighted by Gasteiger charge is -2.34. The van der Waals surface area contributed by atoms with Gasteiger partial charge >= 0.3 is 23.9 Å². The highest BCUT2D eigenvalue weighted by atomic mass is 19.4. The zero-order valence-electron chi connectivity index (χ0n) is 13.7. The van der Waals surface area contributed by atoms with E-state index < -0.39 is 36.5 Å². The van der Waals surface area contributed by atoms with E-state index in [1.807, 2.05) is 13.8 Å². The smallest absolute Gasteiger partial charge is 0.388 e. The van der Waals surface area contributed by atoms with Crippen molar-refractivity contribution in [2.75, 3.05) is 0 Å². The van der Waals surface area contributed by atoms with Gasteiger partial charge in [0.2, 0.25) is 0 Å². The van der Waals surface area contributed by atoms with Crippen molar-refractivity contribution in [3.05, 3.63) is 35.4 Å². The van der Waals surface area contributed by atoms with Crippen LogP contribution < -0.4 is 0 Å². The van der Waals surface area contributed by atoms with E-state index in [0.29, 0.717) is 0 Å². The average molecular weight is 396 g/mol. The van der Waals surface area contributed by atoms with Crippen LogP contribution in [0.15, 0.2) is 24.3 Å². The van der Waals surface area contributed by atoms with Gasteiger partial charge in [-0.3, -0.25) is 0 Å². The molecule has 10 heteroatoms. The minimum atomic E-state index is -6.95. The molecule has 26 heavy (non-hydrogen) atoms. The van der Waals surface area contributed by atoms with Crippen molar-refractivity contribution in [1.29, 1.82) is 0 Å². The third-order valence-electron chi connectivity index (χ3n) is 4.16. The molecule has 0 heterocycles. The fourth-order valence-electron chi connectivity index (χ4n) is 2.18. The Bertz CT molecular complexity index is 593. The Balaban J connectivity index is 3.04. The quantitative estimate of drug-likeness (QED) is 0.553. The maximum absolute atomic E-state index is 13.5. The van der Waals surface area contributed by atoms with Gasteiger partial charge in [-0.2, -0.15) is 39.5 Å². The Morgan fingerprint density at radius 3 is 1.62 bits per heavy atom. The van der Waals surface area contributed by atoms with Crippen LogP contribution in [0.2, 0.25) is 0 Å². The zero-order chi connectivity index (χ0) is 20.6. The van der Waals surface area contributed by atoms with Crippen LogP contribution in [-0.4, -0.2) is 29.1 Å². The predicted octanol–water partition coefficient (Wildman–Crippen LogP) is 6.09. The molecule has 150 valence electrons. The van der Waals surface area contributed by atoms with E-state index in [2.05, 4.69) is 0 Å². The summed E-state index contributed by atoms with van der Waals surface area (Å²) in [7, 11) is 0. The summed E-state index contributed by atoms with van der Waals surface area (Å²) in [5, 5.41) is 9.64. The minimum absolute atomic E-state index is 0.0810. The number of halogens is 9. The maximum atomic E-state index is 13.5. The van der Waals surface area contributed by atoms with Crippen molar-refractivity contribution in [2.24, 2.45) is 0 Å². The van der Waals surface area contributed by atoms with Gasteiger partial charge in [-0.1, -0.05) is 38.1 Å². The number of hydrogen-bond donors (Lipinski definition) is 1. The first-order valence-corrected chi connectivity index (χ1v) is 7.56. The van der Waals surface area contributed by atoms with Crippen LogP contribution in [0.25, 0.3) is 0 Å². The lowest BCUT2D eigenvalue weighted by atomic mass is 9.93. The summed E-state index contributed by atoms with van der Waals surface area (Å²) < 4.78 is 115. The van der Waals surface area contributed by atoms with E-state index in [4.69, 9.17) is 0 Å². The van der Waals surface area contributed by atoms with Gasteiger partial charge in [0.25, 0.3) is 0 Å². The monoisotopic (exact) mass is 396 g/mol. The van der Waals surface area contributed by atoms with Gasteiger partial charge in [-0.15, -0.1) is 0 Å². The second kappa shape index (κ2) is 7.28. The molecule has 2 unspecified atom stereocenters. The second-order valence-electron chi connectivity index (χ2n) is 6.05. The van der Waals surface area contributed by atoms with Gasteiger partial charge < -0.3 is 5.11 Å².